The molecule has 1 atom stereocenters. The van der Waals surface area contributed by atoms with Crippen LogP contribution in [0.3, 0.4) is 0 Å². The first-order valence-corrected chi connectivity index (χ1v) is 6.54. The molecule has 100 valence electrons. The van der Waals surface area contributed by atoms with E-state index in [0.717, 1.165) is 11.1 Å². The maximum absolute atomic E-state index is 12.8. The Labute approximate surface area is 117 Å². The number of hydrogen-bond acceptors (Lipinski definition) is 1. The van der Waals surface area contributed by atoms with Crippen molar-refractivity contribution in [2.24, 2.45) is 0 Å². The van der Waals surface area contributed by atoms with Gasteiger partial charge < -0.3 is 5.11 Å². The third kappa shape index (κ3) is 4.34. The van der Waals surface area contributed by atoms with Crippen molar-refractivity contribution in [3.8, 4) is 0 Å². The van der Waals surface area contributed by atoms with Gasteiger partial charge >= 0.3 is 0 Å². The van der Waals surface area contributed by atoms with Crippen LogP contribution in [0.1, 0.15) is 18.1 Å². The molecule has 0 saturated heterocycles. The van der Waals surface area contributed by atoms with Crippen molar-refractivity contribution in [3.63, 3.8) is 0 Å². The van der Waals surface area contributed by atoms with E-state index in [0.29, 0.717) is 17.9 Å². The number of aliphatic hydroxyl groups is 1. The van der Waals surface area contributed by atoms with Crippen LogP contribution in [0.4, 0.5) is 4.39 Å². The fraction of sp³-hybridized carbons (Fsp3) is 0.250. The highest BCUT2D eigenvalue weighted by Gasteiger charge is 2.21. The molecule has 0 bridgehead atoms. The molecular formula is C16H16ClFO. The molecule has 0 fully saturated rings. The van der Waals surface area contributed by atoms with Crippen molar-refractivity contribution in [1.82, 2.24) is 0 Å². The second kappa shape index (κ2) is 5.72. The fourth-order valence-electron chi connectivity index (χ4n) is 2.15. The van der Waals surface area contributed by atoms with E-state index in [-0.39, 0.29) is 5.82 Å². The maximum atomic E-state index is 12.8. The van der Waals surface area contributed by atoms with Crippen molar-refractivity contribution in [1.29, 1.82) is 0 Å². The van der Waals surface area contributed by atoms with E-state index in [2.05, 4.69) is 0 Å². The molecule has 0 aromatic heterocycles. The lowest BCUT2D eigenvalue weighted by molar-refractivity contribution is 0.0608. The van der Waals surface area contributed by atoms with Gasteiger partial charge in [0.25, 0.3) is 0 Å². The van der Waals surface area contributed by atoms with Gasteiger partial charge in [-0.1, -0.05) is 35.9 Å². The van der Waals surface area contributed by atoms with Crippen molar-refractivity contribution >= 4 is 11.6 Å². The van der Waals surface area contributed by atoms with Crippen LogP contribution >= 0.6 is 11.6 Å². The maximum Gasteiger partial charge on any atom is 0.123 e. The van der Waals surface area contributed by atoms with E-state index in [1.54, 1.807) is 19.1 Å². The monoisotopic (exact) mass is 278 g/mol. The van der Waals surface area contributed by atoms with E-state index in [9.17, 15) is 9.50 Å². The number of hydrogen-bond donors (Lipinski definition) is 1. The Morgan fingerprint density at radius 3 is 1.84 bits per heavy atom. The highest BCUT2D eigenvalue weighted by molar-refractivity contribution is 6.30. The van der Waals surface area contributed by atoms with Gasteiger partial charge in [-0.15, -0.1) is 0 Å². The summed E-state index contributed by atoms with van der Waals surface area (Å²) in [5.41, 5.74) is 1.07. The van der Waals surface area contributed by atoms with Crippen LogP contribution in [-0.4, -0.2) is 10.7 Å². The lowest BCUT2D eigenvalue weighted by Gasteiger charge is -2.23. The van der Waals surface area contributed by atoms with Gasteiger partial charge in [0.15, 0.2) is 0 Å². The highest BCUT2D eigenvalue weighted by Crippen LogP contribution is 2.20. The first-order chi connectivity index (χ1) is 8.94. The van der Waals surface area contributed by atoms with Crippen LogP contribution in [0.5, 0.6) is 0 Å². The van der Waals surface area contributed by atoms with Crippen LogP contribution in [0.25, 0.3) is 0 Å². The summed E-state index contributed by atoms with van der Waals surface area (Å²) < 4.78 is 12.8. The fourth-order valence-corrected chi connectivity index (χ4v) is 2.27. The molecule has 2 aromatic rings. The van der Waals surface area contributed by atoms with Gasteiger partial charge in [-0.05, 0) is 42.3 Å². The molecular weight excluding hydrogens is 263 g/mol. The highest BCUT2D eigenvalue weighted by atomic mass is 35.5. The van der Waals surface area contributed by atoms with E-state index in [4.69, 9.17) is 11.6 Å². The van der Waals surface area contributed by atoms with Gasteiger partial charge in [-0.3, -0.25) is 0 Å². The zero-order valence-electron chi connectivity index (χ0n) is 10.7. The van der Waals surface area contributed by atoms with Gasteiger partial charge in [0.2, 0.25) is 0 Å². The zero-order valence-corrected chi connectivity index (χ0v) is 11.5. The molecule has 3 heteroatoms. The largest absolute Gasteiger partial charge is 0.389 e. The van der Waals surface area contributed by atoms with Gasteiger partial charge in [0.1, 0.15) is 5.82 Å². The molecule has 19 heavy (non-hydrogen) atoms. The standard InChI is InChI=1S/C16H16ClFO/c1-16(19,10-12-2-6-14(17)7-3-12)11-13-4-8-15(18)9-5-13/h2-9,19H,10-11H2,1H3. The molecule has 0 saturated carbocycles. The predicted molar refractivity (Wildman–Crippen MR) is 75.9 cm³/mol. The van der Waals surface area contributed by atoms with Gasteiger partial charge in [-0.25, -0.2) is 4.39 Å². The summed E-state index contributed by atoms with van der Waals surface area (Å²) in [6.07, 6.45) is 1.01. The summed E-state index contributed by atoms with van der Waals surface area (Å²) in [5, 5.41) is 11.1. The van der Waals surface area contributed by atoms with Gasteiger partial charge in [0.05, 0.1) is 5.60 Å². The van der Waals surface area contributed by atoms with Crippen LogP contribution in [0.2, 0.25) is 5.02 Å². The Hall–Kier alpha value is -1.38. The first kappa shape index (κ1) is 14.0. The smallest absolute Gasteiger partial charge is 0.123 e. The van der Waals surface area contributed by atoms with Gasteiger partial charge in [-0.2, -0.15) is 0 Å². The summed E-state index contributed by atoms with van der Waals surface area (Å²) >= 11 is 5.83. The molecule has 1 nitrogen and oxygen atoms in total. The van der Waals surface area contributed by atoms with Crippen molar-refractivity contribution in [3.05, 3.63) is 70.5 Å². The molecule has 1 N–H and O–H groups in total. The lowest BCUT2D eigenvalue weighted by Crippen LogP contribution is -2.30. The number of benzene rings is 2. The average Bonchev–Trinajstić information content (AvgIpc) is 2.34. The molecule has 0 aliphatic carbocycles. The summed E-state index contributed by atoms with van der Waals surface area (Å²) in [6, 6.07) is 13.7. The molecule has 0 aliphatic heterocycles. The van der Waals surface area contributed by atoms with E-state index >= 15 is 0 Å². The van der Waals surface area contributed by atoms with Crippen LogP contribution in [0, 0.1) is 5.82 Å². The Kier molecular flexibility index (Phi) is 4.23. The summed E-state index contributed by atoms with van der Waals surface area (Å²) in [7, 11) is 0. The Morgan fingerprint density at radius 2 is 1.37 bits per heavy atom. The Bertz CT molecular complexity index is 482. The normalized spacial score (nSPS) is 14.1. The third-order valence-corrected chi connectivity index (χ3v) is 3.25. The topological polar surface area (TPSA) is 20.2 Å². The molecule has 0 aliphatic rings. The summed E-state index contributed by atoms with van der Waals surface area (Å²) in [6.45, 7) is 1.78. The molecule has 0 radical (unpaired) electrons. The number of rotatable bonds is 4. The summed E-state index contributed by atoms with van der Waals surface area (Å²) in [4.78, 5) is 0. The van der Waals surface area contributed by atoms with Crippen molar-refractivity contribution in [2.75, 3.05) is 0 Å². The van der Waals surface area contributed by atoms with Crippen LogP contribution in [-0.2, 0) is 12.8 Å². The molecule has 0 heterocycles. The zero-order chi connectivity index (χ0) is 13.9. The van der Waals surface area contributed by atoms with E-state index < -0.39 is 5.60 Å². The third-order valence-electron chi connectivity index (χ3n) is 3.00. The predicted octanol–water partition coefficient (Wildman–Crippen LogP) is 4.02. The quantitative estimate of drug-likeness (QED) is 0.896. The molecule has 0 amide bonds. The second-order valence-electron chi connectivity index (χ2n) is 5.10. The van der Waals surface area contributed by atoms with Crippen LogP contribution < -0.4 is 0 Å². The van der Waals surface area contributed by atoms with Crippen molar-refractivity contribution < 1.29 is 9.50 Å². The molecule has 2 rings (SSSR count). The molecule has 1 unspecified atom stereocenters. The Morgan fingerprint density at radius 1 is 0.947 bits per heavy atom. The Balaban J connectivity index is 2.05. The van der Waals surface area contributed by atoms with Crippen molar-refractivity contribution in [2.45, 2.75) is 25.4 Å². The van der Waals surface area contributed by atoms with Gasteiger partial charge in [0, 0.05) is 17.9 Å². The molecule has 2 aromatic carbocycles. The SMILES string of the molecule is CC(O)(Cc1ccc(F)cc1)Cc1ccc(Cl)cc1. The lowest BCUT2D eigenvalue weighted by atomic mass is 9.90. The van der Waals surface area contributed by atoms with E-state index in [1.807, 2.05) is 24.3 Å². The second-order valence-corrected chi connectivity index (χ2v) is 5.54. The molecule has 0 spiro atoms. The first-order valence-electron chi connectivity index (χ1n) is 6.16. The minimum Gasteiger partial charge on any atom is -0.389 e. The number of halogens is 2. The van der Waals surface area contributed by atoms with Crippen LogP contribution in [0.15, 0.2) is 48.5 Å². The minimum atomic E-state index is -0.869. The average molecular weight is 279 g/mol. The minimum absolute atomic E-state index is 0.263. The summed E-state index contributed by atoms with van der Waals surface area (Å²) in [5.74, 6) is -0.263. The van der Waals surface area contributed by atoms with E-state index in [1.165, 1.54) is 12.1 Å².